The van der Waals surface area contributed by atoms with E-state index in [0.717, 1.165) is 73.6 Å². The van der Waals surface area contributed by atoms with Gasteiger partial charge in [-0.2, -0.15) is 0 Å². The lowest BCUT2D eigenvalue weighted by Crippen LogP contribution is -2.48. The number of piperazine rings is 1. The summed E-state index contributed by atoms with van der Waals surface area (Å²) in [7, 11) is 1.68. The fraction of sp³-hybridized carbons (Fsp3) is 0.429. The number of amides is 1. The molecule has 0 saturated carbocycles. The van der Waals surface area contributed by atoms with Crippen molar-refractivity contribution >= 4 is 34.5 Å². The van der Waals surface area contributed by atoms with E-state index in [2.05, 4.69) is 24.8 Å². The summed E-state index contributed by atoms with van der Waals surface area (Å²) in [6.45, 7) is 6.09. The van der Waals surface area contributed by atoms with Crippen molar-refractivity contribution in [1.29, 1.82) is 0 Å². The minimum Gasteiger partial charge on any atom is -0.496 e. The van der Waals surface area contributed by atoms with Crippen LogP contribution in [0.25, 0.3) is 10.9 Å². The molecule has 0 radical (unpaired) electrons. The summed E-state index contributed by atoms with van der Waals surface area (Å²) < 4.78 is 11.7. The zero-order chi connectivity index (χ0) is 26.2. The molecule has 38 heavy (non-hydrogen) atoms. The van der Waals surface area contributed by atoms with Gasteiger partial charge in [0.1, 0.15) is 30.4 Å². The molecular weight excluding hydrogens is 484 g/mol. The number of nitrogens with zero attached hydrogens (tertiary/aromatic N) is 6. The third kappa shape index (κ3) is 4.43. The van der Waals surface area contributed by atoms with Crippen molar-refractivity contribution in [1.82, 2.24) is 19.8 Å². The minimum absolute atomic E-state index is 0.0256. The Morgan fingerprint density at radius 2 is 1.89 bits per heavy atom. The van der Waals surface area contributed by atoms with E-state index < -0.39 is 0 Å². The molecule has 3 aromatic rings. The lowest BCUT2D eigenvalue weighted by molar-refractivity contribution is 0.0774. The Kier molecular flexibility index (Phi) is 6.59. The number of fused-ring (bicyclic) bond motifs is 3. The standard InChI is InChI=1S/C28H32N6O4/c1-18-10-23-21(12-25(18)37-2)27(31-16-30-23)33-8-6-32(7-9-33)17-38-26-13-24-22(11-19(26)15-35)28(36)34-5-3-4-20(34)14-29-24/h10-14,16,20,35H,3-9,15,17H2,1-2H3/t20-/m0/s1. The number of aliphatic imine (C=N–C) groups is 1. The average Bonchev–Trinajstić information content (AvgIpc) is 3.38. The summed E-state index contributed by atoms with van der Waals surface area (Å²) >= 11 is 0. The van der Waals surface area contributed by atoms with E-state index in [1.165, 1.54) is 0 Å². The van der Waals surface area contributed by atoms with Crippen LogP contribution in [0.3, 0.4) is 0 Å². The number of aliphatic hydroxyl groups is 1. The van der Waals surface area contributed by atoms with Crippen LogP contribution >= 0.6 is 0 Å². The quantitative estimate of drug-likeness (QED) is 0.534. The smallest absolute Gasteiger partial charge is 0.256 e. The lowest BCUT2D eigenvalue weighted by atomic mass is 10.1. The second-order valence-electron chi connectivity index (χ2n) is 10.0. The van der Waals surface area contributed by atoms with Gasteiger partial charge in [-0.1, -0.05) is 0 Å². The molecule has 0 bridgehead atoms. The van der Waals surface area contributed by atoms with Gasteiger partial charge in [-0.3, -0.25) is 14.7 Å². The van der Waals surface area contributed by atoms with Gasteiger partial charge < -0.3 is 24.4 Å². The normalized spacial score (nSPS) is 19.4. The summed E-state index contributed by atoms with van der Waals surface area (Å²) in [5.74, 6) is 2.27. The van der Waals surface area contributed by atoms with E-state index in [1.807, 2.05) is 30.2 Å². The molecule has 2 saturated heterocycles. The Bertz CT molecular complexity index is 1400. The molecule has 1 N–H and O–H groups in total. The highest BCUT2D eigenvalue weighted by Crippen LogP contribution is 2.35. The minimum atomic E-state index is -0.208. The second kappa shape index (κ2) is 10.2. The van der Waals surface area contributed by atoms with E-state index in [0.29, 0.717) is 29.3 Å². The molecule has 3 aliphatic rings. The fourth-order valence-corrected chi connectivity index (χ4v) is 5.57. The first kappa shape index (κ1) is 24.6. The summed E-state index contributed by atoms with van der Waals surface area (Å²) in [6.07, 6.45) is 5.40. The number of ether oxygens (including phenoxy) is 2. The van der Waals surface area contributed by atoms with Gasteiger partial charge in [0.2, 0.25) is 0 Å². The molecule has 10 heteroatoms. The van der Waals surface area contributed by atoms with Gasteiger partial charge in [0.25, 0.3) is 5.91 Å². The lowest BCUT2D eigenvalue weighted by Gasteiger charge is -2.35. The van der Waals surface area contributed by atoms with Crippen LogP contribution in [-0.4, -0.2) is 89.6 Å². The van der Waals surface area contributed by atoms with Gasteiger partial charge in [0, 0.05) is 56.0 Å². The molecule has 1 aromatic heterocycles. The Balaban J connectivity index is 1.14. The first-order chi connectivity index (χ1) is 18.6. The maximum absolute atomic E-state index is 13.1. The van der Waals surface area contributed by atoms with Gasteiger partial charge in [-0.05, 0) is 43.5 Å². The highest BCUT2D eigenvalue weighted by atomic mass is 16.5. The Hall–Kier alpha value is -3.76. The van der Waals surface area contributed by atoms with Crippen molar-refractivity contribution in [3.63, 3.8) is 0 Å². The number of carbonyl (C=O) groups excluding carboxylic acids is 1. The van der Waals surface area contributed by atoms with Crippen LogP contribution in [0.4, 0.5) is 11.5 Å². The van der Waals surface area contributed by atoms with E-state index in [4.69, 9.17) is 9.47 Å². The third-order valence-electron chi connectivity index (χ3n) is 7.73. The zero-order valence-corrected chi connectivity index (χ0v) is 21.8. The first-order valence-electron chi connectivity index (χ1n) is 13.1. The van der Waals surface area contributed by atoms with E-state index in [1.54, 1.807) is 25.6 Å². The number of methoxy groups -OCH3 is 1. The third-order valence-corrected chi connectivity index (χ3v) is 7.73. The van der Waals surface area contributed by atoms with Gasteiger partial charge in [0.05, 0.1) is 36.5 Å². The summed E-state index contributed by atoms with van der Waals surface area (Å²) in [5, 5.41) is 11.0. The number of carbonyl (C=O) groups is 1. The Morgan fingerprint density at radius 3 is 2.68 bits per heavy atom. The topological polar surface area (TPSA) is 104 Å². The molecule has 1 amide bonds. The maximum atomic E-state index is 13.1. The molecule has 1 atom stereocenters. The Morgan fingerprint density at radius 1 is 1.05 bits per heavy atom. The molecule has 0 unspecified atom stereocenters. The first-order valence-corrected chi connectivity index (χ1v) is 13.1. The molecule has 0 aliphatic carbocycles. The molecule has 198 valence electrons. The molecular formula is C28H32N6O4. The molecule has 6 rings (SSSR count). The van der Waals surface area contributed by atoms with Gasteiger partial charge in [-0.25, -0.2) is 9.97 Å². The van der Waals surface area contributed by atoms with Crippen LogP contribution in [-0.2, 0) is 6.61 Å². The van der Waals surface area contributed by atoms with Crippen LogP contribution in [0.1, 0.15) is 34.3 Å². The number of anilines is 1. The summed E-state index contributed by atoms with van der Waals surface area (Å²) in [5.41, 5.74) is 3.67. The number of hydrogen-bond acceptors (Lipinski definition) is 9. The van der Waals surface area contributed by atoms with Crippen molar-refractivity contribution in [2.24, 2.45) is 4.99 Å². The molecule has 10 nitrogen and oxygen atoms in total. The predicted octanol–water partition coefficient (Wildman–Crippen LogP) is 2.92. The molecule has 2 aromatic carbocycles. The second-order valence-corrected chi connectivity index (χ2v) is 10.0. The van der Waals surface area contributed by atoms with Gasteiger partial charge >= 0.3 is 0 Å². The van der Waals surface area contributed by atoms with Gasteiger partial charge in [0.15, 0.2) is 0 Å². The Labute approximate surface area is 221 Å². The number of aryl methyl sites for hydroxylation is 1. The maximum Gasteiger partial charge on any atom is 0.256 e. The zero-order valence-electron chi connectivity index (χ0n) is 21.8. The van der Waals surface area contributed by atoms with Crippen LogP contribution in [0.5, 0.6) is 11.5 Å². The molecule has 2 fully saturated rings. The van der Waals surface area contributed by atoms with Crippen LogP contribution in [0.15, 0.2) is 35.6 Å². The van der Waals surface area contributed by atoms with Gasteiger partial charge in [-0.15, -0.1) is 0 Å². The molecule has 4 heterocycles. The average molecular weight is 517 g/mol. The van der Waals surface area contributed by atoms with Crippen molar-refractivity contribution in [2.45, 2.75) is 32.4 Å². The van der Waals surface area contributed by atoms with Crippen molar-refractivity contribution in [3.05, 3.63) is 47.3 Å². The number of rotatable bonds is 6. The summed E-state index contributed by atoms with van der Waals surface area (Å²) in [4.78, 5) is 33.1. The number of hydrogen-bond donors (Lipinski definition) is 1. The highest BCUT2D eigenvalue weighted by Gasteiger charge is 2.32. The largest absolute Gasteiger partial charge is 0.496 e. The van der Waals surface area contributed by atoms with Crippen LogP contribution in [0, 0.1) is 6.92 Å². The SMILES string of the molecule is COc1cc2c(N3CCN(COc4cc5c(cc4CO)C(=O)N4CCC[C@H]4C=N5)CC3)ncnc2cc1C. The fourth-order valence-electron chi connectivity index (χ4n) is 5.57. The highest BCUT2D eigenvalue weighted by molar-refractivity contribution is 6.03. The number of aromatic nitrogens is 2. The predicted molar refractivity (Wildman–Crippen MR) is 145 cm³/mol. The number of aliphatic hydroxyl groups excluding tert-OH is 1. The molecule has 3 aliphatic heterocycles. The van der Waals surface area contributed by atoms with Crippen molar-refractivity contribution in [3.8, 4) is 11.5 Å². The van der Waals surface area contributed by atoms with Crippen molar-refractivity contribution in [2.75, 3.05) is 51.5 Å². The van der Waals surface area contributed by atoms with E-state index >= 15 is 0 Å². The van der Waals surface area contributed by atoms with Crippen LogP contribution < -0.4 is 14.4 Å². The number of benzene rings is 2. The molecule has 0 spiro atoms. The van der Waals surface area contributed by atoms with Crippen molar-refractivity contribution < 1.29 is 19.4 Å². The van der Waals surface area contributed by atoms with E-state index in [-0.39, 0.29) is 18.6 Å². The monoisotopic (exact) mass is 516 g/mol. The summed E-state index contributed by atoms with van der Waals surface area (Å²) in [6, 6.07) is 7.62. The van der Waals surface area contributed by atoms with E-state index in [9.17, 15) is 9.90 Å². The van der Waals surface area contributed by atoms with Crippen LogP contribution in [0.2, 0.25) is 0 Å².